The Hall–Kier alpha value is -1.95. The van der Waals surface area contributed by atoms with Crippen LogP contribution >= 0.6 is 0 Å². The van der Waals surface area contributed by atoms with Gasteiger partial charge in [-0.05, 0) is 18.9 Å². The smallest absolute Gasteiger partial charge is 0.274 e. The van der Waals surface area contributed by atoms with Gasteiger partial charge in [0.1, 0.15) is 17.7 Å². The van der Waals surface area contributed by atoms with Crippen LogP contribution in [-0.2, 0) is 4.74 Å². The van der Waals surface area contributed by atoms with E-state index in [1.165, 1.54) is 6.33 Å². The summed E-state index contributed by atoms with van der Waals surface area (Å²) in [6.07, 6.45) is 4.94. The van der Waals surface area contributed by atoms with E-state index in [1.807, 2.05) is 6.07 Å². The molecular formula is C12H14N4O2. The van der Waals surface area contributed by atoms with Crippen LogP contribution in [0.25, 0.3) is 10.9 Å². The van der Waals surface area contributed by atoms with Gasteiger partial charge in [0.2, 0.25) is 0 Å². The normalized spacial score (nSPS) is 16.9. The lowest BCUT2D eigenvalue weighted by molar-refractivity contribution is 0.0904. The first kappa shape index (κ1) is 11.2. The molecule has 2 aromatic heterocycles. The SMILES string of the molecule is O=c1[nH]ccc2c(NC3CCOCC3)ncnc12. The van der Waals surface area contributed by atoms with Crippen LogP contribution in [0.5, 0.6) is 0 Å². The monoisotopic (exact) mass is 246 g/mol. The van der Waals surface area contributed by atoms with Crippen LogP contribution in [0.3, 0.4) is 0 Å². The highest BCUT2D eigenvalue weighted by Crippen LogP contribution is 2.19. The van der Waals surface area contributed by atoms with Crippen LogP contribution < -0.4 is 10.9 Å². The molecule has 0 aliphatic carbocycles. The maximum atomic E-state index is 11.6. The minimum Gasteiger partial charge on any atom is -0.381 e. The van der Waals surface area contributed by atoms with Gasteiger partial charge >= 0.3 is 0 Å². The van der Waals surface area contributed by atoms with E-state index in [-0.39, 0.29) is 5.56 Å². The van der Waals surface area contributed by atoms with Crippen LogP contribution in [0.4, 0.5) is 5.82 Å². The Bertz CT molecular complexity index is 604. The van der Waals surface area contributed by atoms with Gasteiger partial charge in [-0.3, -0.25) is 4.79 Å². The minimum atomic E-state index is -0.190. The summed E-state index contributed by atoms with van der Waals surface area (Å²) >= 11 is 0. The molecule has 2 aromatic rings. The fraction of sp³-hybridized carbons (Fsp3) is 0.417. The number of aromatic nitrogens is 3. The van der Waals surface area contributed by atoms with Gasteiger partial charge < -0.3 is 15.0 Å². The molecule has 6 nitrogen and oxygen atoms in total. The summed E-state index contributed by atoms with van der Waals surface area (Å²) in [4.78, 5) is 22.5. The Kier molecular flexibility index (Phi) is 2.93. The van der Waals surface area contributed by atoms with Crippen molar-refractivity contribution in [3.63, 3.8) is 0 Å². The standard InChI is InChI=1S/C12H14N4O2/c17-12-10-9(1-4-13-12)11(15-7-14-10)16-8-2-5-18-6-3-8/h1,4,7-8H,2-3,5-6H2,(H,13,17)(H,14,15,16). The molecule has 18 heavy (non-hydrogen) atoms. The third kappa shape index (κ3) is 2.06. The van der Waals surface area contributed by atoms with Crippen LogP contribution in [0.1, 0.15) is 12.8 Å². The number of nitrogens with one attached hydrogen (secondary N) is 2. The van der Waals surface area contributed by atoms with Crippen molar-refractivity contribution in [1.82, 2.24) is 15.0 Å². The average molecular weight is 246 g/mol. The Morgan fingerprint density at radius 2 is 2.17 bits per heavy atom. The van der Waals surface area contributed by atoms with E-state index >= 15 is 0 Å². The van der Waals surface area contributed by atoms with Crippen molar-refractivity contribution in [1.29, 1.82) is 0 Å². The summed E-state index contributed by atoms with van der Waals surface area (Å²) in [7, 11) is 0. The van der Waals surface area contributed by atoms with Crippen molar-refractivity contribution in [2.45, 2.75) is 18.9 Å². The van der Waals surface area contributed by atoms with Crippen molar-refractivity contribution in [2.75, 3.05) is 18.5 Å². The lowest BCUT2D eigenvalue weighted by atomic mass is 10.1. The van der Waals surface area contributed by atoms with Crippen molar-refractivity contribution >= 4 is 16.7 Å². The molecule has 0 radical (unpaired) electrons. The zero-order valence-corrected chi connectivity index (χ0v) is 9.85. The molecule has 3 heterocycles. The molecule has 0 atom stereocenters. The topological polar surface area (TPSA) is 79.9 Å². The first-order chi connectivity index (χ1) is 8.84. The van der Waals surface area contributed by atoms with Crippen molar-refractivity contribution in [3.05, 3.63) is 28.9 Å². The zero-order chi connectivity index (χ0) is 12.4. The minimum absolute atomic E-state index is 0.190. The Morgan fingerprint density at radius 3 is 3.00 bits per heavy atom. The second kappa shape index (κ2) is 4.73. The van der Waals surface area contributed by atoms with Gasteiger partial charge in [-0.15, -0.1) is 0 Å². The number of nitrogens with zero attached hydrogens (tertiary/aromatic N) is 2. The second-order valence-corrected chi connectivity index (χ2v) is 4.32. The largest absolute Gasteiger partial charge is 0.381 e. The molecule has 94 valence electrons. The summed E-state index contributed by atoms with van der Waals surface area (Å²) < 4.78 is 5.32. The Balaban J connectivity index is 1.96. The third-order valence-corrected chi connectivity index (χ3v) is 3.13. The zero-order valence-electron chi connectivity index (χ0n) is 9.85. The number of ether oxygens (including phenoxy) is 1. The highest BCUT2D eigenvalue weighted by molar-refractivity contribution is 5.87. The van der Waals surface area contributed by atoms with E-state index in [9.17, 15) is 4.79 Å². The highest BCUT2D eigenvalue weighted by Gasteiger charge is 2.15. The van der Waals surface area contributed by atoms with Gasteiger partial charge in [0.05, 0.1) is 0 Å². The van der Waals surface area contributed by atoms with Crippen LogP contribution in [0.15, 0.2) is 23.4 Å². The van der Waals surface area contributed by atoms with E-state index in [1.54, 1.807) is 6.20 Å². The van der Waals surface area contributed by atoms with Gasteiger partial charge in [0.25, 0.3) is 5.56 Å². The van der Waals surface area contributed by atoms with Gasteiger partial charge in [0.15, 0.2) is 0 Å². The maximum absolute atomic E-state index is 11.6. The number of rotatable bonds is 2. The van der Waals surface area contributed by atoms with Crippen molar-refractivity contribution in [2.24, 2.45) is 0 Å². The molecule has 1 saturated heterocycles. The highest BCUT2D eigenvalue weighted by atomic mass is 16.5. The van der Waals surface area contributed by atoms with E-state index in [0.717, 1.165) is 37.3 Å². The Labute approximate surface area is 103 Å². The average Bonchev–Trinajstić information content (AvgIpc) is 2.41. The lowest BCUT2D eigenvalue weighted by Gasteiger charge is -2.23. The number of fused-ring (bicyclic) bond motifs is 1. The van der Waals surface area contributed by atoms with Gasteiger partial charge in [-0.2, -0.15) is 0 Å². The molecule has 0 aromatic carbocycles. The maximum Gasteiger partial charge on any atom is 0.274 e. The Morgan fingerprint density at radius 1 is 1.33 bits per heavy atom. The first-order valence-electron chi connectivity index (χ1n) is 6.01. The van der Waals surface area contributed by atoms with E-state index in [0.29, 0.717) is 11.6 Å². The van der Waals surface area contributed by atoms with Gasteiger partial charge in [0, 0.05) is 30.8 Å². The summed E-state index contributed by atoms with van der Waals surface area (Å²) in [5.41, 5.74) is 0.229. The molecule has 0 saturated carbocycles. The number of hydrogen-bond donors (Lipinski definition) is 2. The molecule has 0 bridgehead atoms. The predicted molar refractivity (Wildman–Crippen MR) is 67.6 cm³/mol. The molecule has 1 aliphatic heterocycles. The first-order valence-corrected chi connectivity index (χ1v) is 6.01. The molecule has 6 heteroatoms. The molecule has 1 aliphatic rings. The molecule has 2 N–H and O–H groups in total. The third-order valence-electron chi connectivity index (χ3n) is 3.13. The van der Waals surface area contributed by atoms with Crippen LogP contribution in [0, 0.1) is 0 Å². The van der Waals surface area contributed by atoms with Crippen LogP contribution in [0.2, 0.25) is 0 Å². The number of H-pyrrole nitrogens is 1. The molecule has 3 rings (SSSR count). The van der Waals surface area contributed by atoms with Crippen molar-refractivity contribution < 1.29 is 4.74 Å². The second-order valence-electron chi connectivity index (χ2n) is 4.32. The quantitative estimate of drug-likeness (QED) is 0.823. The molecule has 0 unspecified atom stereocenters. The molecule has 0 spiro atoms. The summed E-state index contributed by atoms with van der Waals surface area (Å²) in [5.74, 6) is 0.720. The number of pyridine rings is 1. The lowest BCUT2D eigenvalue weighted by Crippen LogP contribution is -2.28. The van der Waals surface area contributed by atoms with Crippen LogP contribution in [-0.4, -0.2) is 34.2 Å². The number of aromatic amines is 1. The van der Waals surface area contributed by atoms with Gasteiger partial charge in [-0.25, -0.2) is 9.97 Å². The molecular weight excluding hydrogens is 232 g/mol. The van der Waals surface area contributed by atoms with Gasteiger partial charge in [-0.1, -0.05) is 0 Å². The fourth-order valence-corrected chi connectivity index (χ4v) is 2.15. The fourth-order valence-electron chi connectivity index (χ4n) is 2.15. The summed E-state index contributed by atoms with van der Waals surface area (Å²) in [5, 5.41) is 4.12. The van der Waals surface area contributed by atoms with E-state index in [4.69, 9.17) is 4.74 Å². The van der Waals surface area contributed by atoms with E-state index < -0.39 is 0 Å². The summed E-state index contributed by atoms with van der Waals surface area (Å²) in [6.45, 7) is 1.53. The molecule has 0 amide bonds. The number of anilines is 1. The summed E-state index contributed by atoms with van der Waals surface area (Å²) in [6, 6.07) is 2.16. The van der Waals surface area contributed by atoms with E-state index in [2.05, 4.69) is 20.3 Å². The molecule has 1 fully saturated rings. The predicted octanol–water partition coefficient (Wildman–Crippen LogP) is 0.909. The van der Waals surface area contributed by atoms with Crippen molar-refractivity contribution in [3.8, 4) is 0 Å². The number of hydrogen-bond acceptors (Lipinski definition) is 5.